The smallest absolute Gasteiger partial charge is 0.336 e. The highest BCUT2D eigenvalue weighted by Gasteiger charge is 2.38. The molecule has 0 radical (unpaired) electrons. The predicted molar refractivity (Wildman–Crippen MR) is 79.8 cm³/mol. The van der Waals surface area contributed by atoms with E-state index in [0.717, 1.165) is 6.07 Å². The summed E-state index contributed by atoms with van der Waals surface area (Å²) in [4.78, 5) is 11.1. The summed E-state index contributed by atoms with van der Waals surface area (Å²) in [6, 6.07) is 2.55. The molecule has 0 bridgehead atoms. The molecule has 0 saturated carbocycles. The van der Waals surface area contributed by atoms with Gasteiger partial charge in [0.15, 0.2) is 0 Å². The lowest BCUT2D eigenvalue weighted by atomic mass is 10.1. The van der Waals surface area contributed by atoms with Crippen molar-refractivity contribution in [3.8, 4) is 0 Å². The molecule has 1 fully saturated rings. The van der Waals surface area contributed by atoms with Gasteiger partial charge < -0.3 is 10.2 Å². The molecule has 0 spiro atoms. The van der Waals surface area contributed by atoms with Gasteiger partial charge in [-0.05, 0) is 38.0 Å². The van der Waals surface area contributed by atoms with Crippen LogP contribution in [0.1, 0.15) is 29.3 Å². The normalized spacial score (nSPS) is 23.4. The molecule has 1 aliphatic rings. The molecule has 21 heavy (non-hydrogen) atoms. The lowest BCUT2D eigenvalue weighted by molar-refractivity contribution is 0.0694. The summed E-state index contributed by atoms with van der Waals surface area (Å²) in [6.45, 7) is 3.40. The molecule has 1 aromatic carbocycles. The minimum Gasteiger partial charge on any atom is -0.478 e. The zero-order valence-corrected chi connectivity index (χ0v) is 14.0. The van der Waals surface area contributed by atoms with E-state index in [-0.39, 0.29) is 23.5 Å². The maximum atomic E-state index is 12.6. The fraction of sp³-hybridized carbons (Fsp3) is 0.462. The van der Waals surface area contributed by atoms with Crippen LogP contribution in [0.4, 0.5) is 0 Å². The van der Waals surface area contributed by atoms with Crippen LogP contribution in [0.15, 0.2) is 21.5 Å². The van der Waals surface area contributed by atoms with Gasteiger partial charge in [0.25, 0.3) is 0 Å². The molecule has 1 heterocycles. The Morgan fingerprint density at radius 3 is 2.52 bits per heavy atom. The van der Waals surface area contributed by atoms with Gasteiger partial charge >= 0.3 is 5.97 Å². The Bertz CT molecular complexity index is 699. The highest BCUT2D eigenvalue weighted by Crippen LogP contribution is 2.30. The molecule has 1 atom stereocenters. The summed E-state index contributed by atoms with van der Waals surface area (Å²) >= 11 is 3.19. The fourth-order valence-corrected chi connectivity index (χ4v) is 4.51. The van der Waals surface area contributed by atoms with Crippen molar-refractivity contribution in [1.29, 1.82) is 0 Å². The Morgan fingerprint density at radius 1 is 1.43 bits per heavy atom. The maximum absolute atomic E-state index is 12.6. The van der Waals surface area contributed by atoms with Crippen molar-refractivity contribution < 1.29 is 23.4 Å². The van der Waals surface area contributed by atoms with Crippen LogP contribution >= 0.6 is 15.9 Å². The topological polar surface area (TPSA) is 94.9 Å². The second-order valence-corrected chi connectivity index (χ2v) is 8.26. The summed E-state index contributed by atoms with van der Waals surface area (Å²) in [5, 5.41) is 19.1. The van der Waals surface area contributed by atoms with Gasteiger partial charge in [-0.15, -0.1) is 0 Å². The first-order valence-corrected chi connectivity index (χ1v) is 8.54. The zero-order valence-electron chi connectivity index (χ0n) is 11.6. The monoisotopic (exact) mass is 377 g/mol. The lowest BCUT2D eigenvalue weighted by Crippen LogP contribution is -2.34. The van der Waals surface area contributed by atoms with Crippen molar-refractivity contribution >= 4 is 31.9 Å². The average Bonchev–Trinajstić information content (AvgIpc) is 2.73. The van der Waals surface area contributed by atoms with E-state index in [1.54, 1.807) is 13.8 Å². The van der Waals surface area contributed by atoms with E-state index in [4.69, 9.17) is 5.11 Å². The Morgan fingerprint density at radius 2 is 2.05 bits per heavy atom. The highest BCUT2D eigenvalue weighted by atomic mass is 79.9. The SMILES string of the molecule is Cc1c(Br)cc(S(=O)(=O)N2CCC(C)(O)C2)cc1C(=O)O. The van der Waals surface area contributed by atoms with Crippen molar-refractivity contribution in [2.45, 2.75) is 30.8 Å². The van der Waals surface area contributed by atoms with Crippen molar-refractivity contribution in [3.63, 3.8) is 0 Å². The Labute approximate surface area is 131 Å². The number of hydrogen-bond donors (Lipinski definition) is 2. The number of benzene rings is 1. The fourth-order valence-electron chi connectivity index (χ4n) is 2.28. The number of sulfonamides is 1. The Kier molecular flexibility index (Phi) is 4.18. The largest absolute Gasteiger partial charge is 0.478 e. The summed E-state index contributed by atoms with van der Waals surface area (Å²) in [5.74, 6) is -1.18. The third kappa shape index (κ3) is 3.13. The van der Waals surface area contributed by atoms with E-state index in [9.17, 15) is 18.3 Å². The quantitative estimate of drug-likeness (QED) is 0.833. The number of carboxylic acid groups (broad SMARTS) is 1. The maximum Gasteiger partial charge on any atom is 0.336 e. The predicted octanol–water partition coefficient (Wildman–Crippen LogP) is 1.60. The zero-order chi connectivity index (χ0) is 16.0. The molecule has 1 unspecified atom stereocenters. The first kappa shape index (κ1) is 16.4. The second kappa shape index (κ2) is 5.35. The molecular formula is C13H16BrNO5S. The molecule has 0 amide bonds. The number of hydrogen-bond acceptors (Lipinski definition) is 4. The van der Waals surface area contributed by atoms with Gasteiger partial charge in [0.05, 0.1) is 16.1 Å². The van der Waals surface area contributed by atoms with E-state index >= 15 is 0 Å². The molecule has 8 heteroatoms. The first-order valence-electron chi connectivity index (χ1n) is 6.30. The van der Waals surface area contributed by atoms with Gasteiger partial charge in [0.2, 0.25) is 10.0 Å². The van der Waals surface area contributed by atoms with Crippen LogP contribution in [0.5, 0.6) is 0 Å². The molecule has 2 N–H and O–H groups in total. The summed E-state index contributed by atoms with van der Waals surface area (Å²) < 4.78 is 26.7. The summed E-state index contributed by atoms with van der Waals surface area (Å²) in [5.41, 5.74) is -0.645. The third-order valence-electron chi connectivity index (χ3n) is 3.60. The van der Waals surface area contributed by atoms with Crippen molar-refractivity contribution in [2.24, 2.45) is 0 Å². The molecule has 2 rings (SSSR count). The molecule has 1 aliphatic heterocycles. The van der Waals surface area contributed by atoms with E-state index in [1.807, 2.05) is 0 Å². The Hall–Kier alpha value is -0.960. The molecule has 0 aliphatic carbocycles. The van der Waals surface area contributed by atoms with Crippen molar-refractivity contribution in [2.75, 3.05) is 13.1 Å². The van der Waals surface area contributed by atoms with Crippen LogP contribution in [0.3, 0.4) is 0 Å². The van der Waals surface area contributed by atoms with E-state index in [0.29, 0.717) is 16.5 Å². The van der Waals surface area contributed by atoms with Crippen LogP contribution < -0.4 is 0 Å². The average molecular weight is 378 g/mol. The van der Waals surface area contributed by atoms with Crippen molar-refractivity contribution in [1.82, 2.24) is 4.31 Å². The Balaban J connectivity index is 2.49. The molecule has 6 nitrogen and oxygen atoms in total. The molecule has 116 valence electrons. The van der Waals surface area contributed by atoms with Crippen LogP contribution in [0.2, 0.25) is 0 Å². The van der Waals surface area contributed by atoms with E-state index < -0.39 is 21.6 Å². The number of aromatic carboxylic acids is 1. The number of halogens is 1. The molecule has 1 aromatic rings. The highest BCUT2D eigenvalue weighted by molar-refractivity contribution is 9.10. The second-order valence-electron chi connectivity index (χ2n) is 5.47. The number of carbonyl (C=O) groups is 1. The minimum atomic E-state index is -3.83. The summed E-state index contributed by atoms with van der Waals surface area (Å²) in [6.07, 6.45) is 0.352. The minimum absolute atomic E-state index is 0.00321. The van der Waals surface area contributed by atoms with Gasteiger partial charge in [0, 0.05) is 17.6 Å². The summed E-state index contributed by atoms with van der Waals surface area (Å²) in [7, 11) is -3.83. The lowest BCUT2D eigenvalue weighted by Gasteiger charge is -2.19. The molecule has 1 saturated heterocycles. The van der Waals surface area contributed by atoms with Gasteiger partial charge in [-0.3, -0.25) is 0 Å². The van der Waals surface area contributed by atoms with Crippen LogP contribution in [0.25, 0.3) is 0 Å². The van der Waals surface area contributed by atoms with Crippen molar-refractivity contribution in [3.05, 3.63) is 27.7 Å². The van der Waals surface area contributed by atoms with E-state index in [1.165, 1.54) is 10.4 Å². The van der Waals surface area contributed by atoms with Crippen LogP contribution in [-0.4, -0.2) is 47.6 Å². The van der Waals surface area contributed by atoms with Crippen LogP contribution in [0, 0.1) is 6.92 Å². The van der Waals surface area contributed by atoms with Gasteiger partial charge in [-0.1, -0.05) is 15.9 Å². The van der Waals surface area contributed by atoms with Gasteiger partial charge in [0.1, 0.15) is 0 Å². The first-order chi connectivity index (χ1) is 9.54. The number of aliphatic hydroxyl groups is 1. The molecular weight excluding hydrogens is 362 g/mol. The number of β-amino-alcohol motifs (C(OH)–C–C–N with tert-alkyl or cyclic N) is 1. The number of nitrogens with zero attached hydrogens (tertiary/aromatic N) is 1. The standard InChI is InChI=1S/C13H16BrNO5S/c1-8-10(12(16)17)5-9(6-11(8)14)21(19,20)15-4-3-13(2,18)7-15/h5-6,18H,3-4,7H2,1-2H3,(H,16,17). The van der Waals surface area contributed by atoms with Gasteiger partial charge in [-0.2, -0.15) is 4.31 Å². The van der Waals surface area contributed by atoms with E-state index in [2.05, 4.69) is 15.9 Å². The third-order valence-corrected chi connectivity index (χ3v) is 6.25. The molecule has 0 aromatic heterocycles. The number of carboxylic acids is 1. The van der Waals surface area contributed by atoms with Gasteiger partial charge in [-0.25, -0.2) is 13.2 Å². The van der Waals surface area contributed by atoms with Crippen LogP contribution in [-0.2, 0) is 10.0 Å². The number of rotatable bonds is 3.